The number of ether oxygens (including phenoxy) is 1. The van der Waals surface area contributed by atoms with Crippen molar-refractivity contribution in [1.29, 1.82) is 0 Å². The van der Waals surface area contributed by atoms with Gasteiger partial charge in [0.15, 0.2) is 0 Å². The van der Waals surface area contributed by atoms with Gasteiger partial charge in [0, 0.05) is 74.5 Å². The van der Waals surface area contributed by atoms with Crippen molar-refractivity contribution >= 4 is 58.8 Å². The molecule has 2 aromatic carbocycles. The Hall–Kier alpha value is -5.08. The molecule has 0 radical (unpaired) electrons. The van der Waals surface area contributed by atoms with Crippen LogP contribution in [0.4, 0.5) is 10.5 Å². The predicted octanol–water partition coefficient (Wildman–Crippen LogP) is 2.93. The summed E-state index contributed by atoms with van der Waals surface area (Å²) in [5.41, 5.74) is 3.40. The molecule has 0 saturated carbocycles. The summed E-state index contributed by atoms with van der Waals surface area (Å²) in [5, 5.41) is 8.33. The molecule has 3 aliphatic heterocycles. The maximum atomic E-state index is 12.9. The highest BCUT2D eigenvalue weighted by Gasteiger charge is 2.39. The molecular weight excluding hydrogens is 680 g/mol. The summed E-state index contributed by atoms with van der Waals surface area (Å²) in [6.07, 6.45) is 6.01. The Morgan fingerprint density at radius 2 is 1.78 bits per heavy atom. The summed E-state index contributed by atoms with van der Waals surface area (Å²) in [7, 11) is 1.73. The van der Waals surface area contributed by atoms with Crippen molar-refractivity contribution in [2.75, 3.05) is 38.7 Å². The van der Waals surface area contributed by atoms with E-state index in [0.29, 0.717) is 68.3 Å². The molecule has 1 unspecified atom stereocenters. The minimum absolute atomic E-state index is 0.00546. The number of hydrogen-bond donors (Lipinski definition) is 3. The normalized spacial score (nSPS) is 16.8. The molecular formula is C36H41ClN6O8. The number of carbonyl (C=O) groups excluding carboxylic acids is 7. The minimum Gasteiger partial charge on any atom is -0.379 e. The number of urea groups is 1. The SMILES string of the molecule is CN(CCOCCc1ccc(NC(=O)NCc2ccc3c(c2)CN(C2CCC(=O)NC2=O)C3=O)cc1Cl)C(=O)CCCCCN1C(=O)C=CC1=O. The molecule has 1 atom stereocenters. The van der Waals surface area contributed by atoms with E-state index in [1.165, 1.54) is 22.0 Å². The standard InChI is InChI=1S/C36H41ClN6O8/c1-41(31(45)5-3-2-4-15-42-32(46)12-13-33(42)47)16-18-51-17-14-24-7-8-26(20-28(24)37)39-36(50)38-21-23-6-9-27-25(19-23)22-43(35(27)49)29-10-11-30(44)40-34(29)48/h6-9,12-13,19-20,29H,2-5,10-11,14-18,21-22H2,1H3,(H2,38,39,50)(H,40,44,48). The molecule has 15 heteroatoms. The zero-order valence-electron chi connectivity index (χ0n) is 28.4. The van der Waals surface area contributed by atoms with Crippen LogP contribution >= 0.6 is 11.6 Å². The van der Waals surface area contributed by atoms with Crippen molar-refractivity contribution in [3.8, 4) is 0 Å². The second-order valence-electron chi connectivity index (χ2n) is 12.7. The van der Waals surface area contributed by atoms with Gasteiger partial charge >= 0.3 is 6.03 Å². The van der Waals surface area contributed by atoms with Gasteiger partial charge in [-0.3, -0.25) is 39.0 Å². The lowest BCUT2D eigenvalue weighted by Gasteiger charge is -2.29. The highest BCUT2D eigenvalue weighted by Crippen LogP contribution is 2.28. The Balaban J connectivity index is 0.958. The Morgan fingerprint density at radius 1 is 1.00 bits per heavy atom. The van der Waals surface area contributed by atoms with Crippen LogP contribution in [0.1, 0.15) is 65.6 Å². The molecule has 2 aromatic rings. The molecule has 1 fully saturated rings. The van der Waals surface area contributed by atoms with Crippen LogP contribution in [-0.2, 0) is 48.2 Å². The minimum atomic E-state index is -0.688. The van der Waals surface area contributed by atoms with Gasteiger partial charge in [0.05, 0.1) is 13.2 Å². The molecule has 3 aliphatic rings. The molecule has 0 aliphatic carbocycles. The van der Waals surface area contributed by atoms with Crippen molar-refractivity contribution < 1.29 is 38.3 Å². The fourth-order valence-corrected chi connectivity index (χ4v) is 6.37. The zero-order chi connectivity index (χ0) is 36.5. The number of fused-ring (bicyclic) bond motifs is 1. The Morgan fingerprint density at radius 3 is 2.53 bits per heavy atom. The predicted molar refractivity (Wildman–Crippen MR) is 186 cm³/mol. The summed E-state index contributed by atoms with van der Waals surface area (Å²) in [6, 6.07) is 9.37. The lowest BCUT2D eigenvalue weighted by atomic mass is 10.0. The number of rotatable bonds is 16. The number of nitrogens with zero attached hydrogens (tertiary/aromatic N) is 3. The van der Waals surface area contributed by atoms with Gasteiger partial charge in [0.2, 0.25) is 17.7 Å². The number of nitrogens with one attached hydrogen (secondary N) is 3. The average Bonchev–Trinajstić information content (AvgIpc) is 3.60. The first kappa shape index (κ1) is 37.2. The van der Waals surface area contributed by atoms with Crippen LogP contribution in [-0.4, -0.2) is 95.6 Å². The number of halogens is 1. The summed E-state index contributed by atoms with van der Waals surface area (Å²) in [4.78, 5) is 89.2. The second-order valence-corrected chi connectivity index (χ2v) is 13.1. The molecule has 1 saturated heterocycles. The van der Waals surface area contributed by atoms with Crippen LogP contribution in [0.25, 0.3) is 0 Å². The number of anilines is 1. The maximum Gasteiger partial charge on any atom is 0.319 e. The largest absolute Gasteiger partial charge is 0.379 e. The molecule has 3 heterocycles. The number of carbonyl (C=O) groups is 7. The average molecular weight is 721 g/mol. The number of imide groups is 2. The molecule has 0 bridgehead atoms. The fraction of sp³-hybridized carbons (Fsp3) is 0.417. The first-order valence-corrected chi connectivity index (χ1v) is 17.3. The number of hydrogen-bond acceptors (Lipinski definition) is 8. The third-order valence-electron chi connectivity index (χ3n) is 9.04. The topological polar surface area (TPSA) is 175 Å². The van der Waals surface area contributed by atoms with Crippen molar-refractivity contribution in [2.24, 2.45) is 0 Å². The summed E-state index contributed by atoms with van der Waals surface area (Å²) < 4.78 is 5.72. The number of benzene rings is 2. The lowest BCUT2D eigenvalue weighted by molar-refractivity contribution is -0.138. The van der Waals surface area contributed by atoms with E-state index in [1.54, 1.807) is 36.2 Å². The number of unbranched alkanes of at least 4 members (excludes halogenated alkanes) is 2. The smallest absolute Gasteiger partial charge is 0.319 e. The zero-order valence-corrected chi connectivity index (χ0v) is 29.1. The molecule has 270 valence electrons. The monoisotopic (exact) mass is 720 g/mol. The molecule has 14 nitrogen and oxygen atoms in total. The van der Waals surface area contributed by atoms with E-state index in [2.05, 4.69) is 16.0 Å². The van der Waals surface area contributed by atoms with Gasteiger partial charge in [-0.05, 0) is 60.6 Å². The molecule has 5 rings (SSSR count). The van der Waals surface area contributed by atoms with Crippen molar-refractivity contribution in [3.63, 3.8) is 0 Å². The van der Waals surface area contributed by atoms with Crippen LogP contribution < -0.4 is 16.0 Å². The van der Waals surface area contributed by atoms with Gasteiger partial charge in [-0.1, -0.05) is 36.2 Å². The van der Waals surface area contributed by atoms with Crippen molar-refractivity contribution in [3.05, 3.63) is 75.8 Å². The lowest BCUT2D eigenvalue weighted by Crippen LogP contribution is -2.52. The van der Waals surface area contributed by atoms with Gasteiger partial charge in [0.25, 0.3) is 17.7 Å². The third kappa shape index (κ3) is 9.79. The van der Waals surface area contributed by atoms with Crippen molar-refractivity contribution in [1.82, 2.24) is 25.3 Å². The van der Waals surface area contributed by atoms with E-state index < -0.39 is 18.0 Å². The first-order chi connectivity index (χ1) is 24.5. The van der Waals surface area contributed by atoms with Gasteiger partial charge < -0.3 is 25.2 Å². The highest BCUT2D eigenvalue weighted by molar-refractivity contribution is 6.31. The summed E-state index contributed by atoms with van der Waals surface area (Å²) >= 11 is 6.47. The Labute approximate surface area is 300 Å². The van der Waals surface area contributed by atoms with Gasteiger partial charge in [-0.25, -0.2) is 4.79 Å². The van der Waals surface area contributed by atoms with Gasteiger partial charge in [-0.2, -0.15) is 0 Å². The van der Waals surface area contributed by atoms with Crippen molar-refractivity contribution in [2.45, 2.75) is 64.1 Å². The van der Waals surface area contributed by atoms with E-state index >= 15 is 0 Å². The number of piperidine rings is 1. The van der Waals surface area contributed by atoms with E-state index in [-0.39, 0.29) is 55.5 Å². The van der Waals surface area contributed by atoms with Gasteiger partial charge in [-0.15, -0.1) is 0 Å². The van der Waals surface area contributed by atoms with Crippen LogP contribution in [0, 0.1) is 0 Å². The summed E-state index contributed by atoms with van der Waals surface area (Å²) in [6.45, 7) is 2.03. The van der Waals surface area contributed by atoms with E-state index in [4.69, 9.17) is 16.3 Å². The van der Waals surface area contributed by atoms with Gasteiger partial charge in [0.1, 0.15) is 6.04 Å². The quantitative estimate of drug-likeness (QED) is 0.175. The first-order valence-electron chi connectivity index (χ1n) is 16.9. The Kier molecular flexibility index (Phi) is 12.6. The summed E-state index contributed by atoms with van der Waals surface area (Å²) in [5.74, 6) is -1.63. The molecule has 3 N–H and O–H groups in total. The van der Waals surface area contributed by atoms with Crippen LogP contribution in [0.2, 0.25) is 5.02 Å². The van der Waals surface area contributed by atoms with E-state index in [0.717, 1.165) is 23.1 Å². The second kappa shape index (κ2) is 17.2. The Bertz CT molecular complexity index is 1730. The third-order valence-corrected chi connectivity index (χ3v) is 9.39. The van der Waals surface area contributed by atoms with E-state index in [9.17, 15) is 33.6 Å². The van der Waals surface area contributed by atoms with Crippen LogP contribution in [0.15, 0.2) is 48.6 Å². The van der Waals surface area contributed by atoms with Crippen LogP contribution in [0.3, 0.4) is 0 Å². The molecule has 51 heavy (non-hydrogen) atoms. The fourth-order valence-electron chi connectivity index (χ4n) is 6.10. The number of amides is 8. The van der Waals surface area contributed by atoms with Crippen LogP contribution in [0.5, 0.6) is 0 Å². The van der Waals surface area contributed by atoms with E-state index in [1.807, 2.05) is 12.1 Å². The molecule has 8 amide bonds. The number of likely N-dealkylation sites (N-methyl/N-ethyl adjacent to an activating group) is 1. The molecule has 0 spiro atoms. The highest BCUT2D eigenvalue weighted by atomic mass is 35.5. The molecule has 0 aromatic heterocycles. The maximum absolute atomic E-state index is 12.9.